The van der Waals surface area contributed by atoms with E-state index >= 15 is 0 Å². The number of fused-ring (bicyclic) bond motifs is 1. The van der Waals surface area contributed by atoms with Crippen LogP contribution in [0.4, 0.5) is 5.82 Å². The number of hydrogen-bond donors (Lipinski definition) is 3. The van der Waals surface area contributed by atoms with E-state index in [4.69, 9.17) is 0 Å². The van der Waals surface area contributed by atoms with Crippen molar-refractivity contribution in [3.8, 4) is 0 Å². The summed E-state index contributed by atoms with van der Waals surface area (Å²) in [5, 5.41) is 0. The van der Waals surface area contributed by atoms with Crippen molar-refractivity contribution in [2.45, 2.75) is 20.8 Å². The lowest BCUT2D eigenvalue weighted by molar-refractivity contribution is -0.127. The molecule has 3 N–H and O–H groups in total. The van der Waals surface area contributed by atoms with Gasteiger partial charge in [0.05, 0.1) is 6.33 Å². The number of imidazole rings is 1. The largest absolute Gasteiger partial charge is 0.340 e. The van der Waals surface area contributed by atoms with Crippen LogP contribution in [0, 0.1) is 5.41 Å². The number of aromatic amines is 1. The Labute approximate surface area is 98.0 Å². The van der Waals surface area contributed by atoms with E-state index in [0.717, 1.165) is 0 Å². The summed E-state index contributed by atoms with van der Waals surface area (Å²) in [5.74, 6) is 0.369. The molecule has 0 spiro atoms. The molecule has 90 valence electrons. The van der Waals surface area contributed by atoms with Gasteiger partial charge < -0.3 is 4.98 Å². The highest BCUT2D eigenvalue weighted by atomic mass is 16.2. The van der Waals surface area contributed by atoms with E-state index in [2.05, 4.69) is 30.8 Å². The third kappa shape index (κ3) is 2.32. The fourth-order valence-corrected chi connectivity index (χ4v) is 1.16. The molecule has 0 atom stereocenters. The fraction of sp³-hybridized carbons (Fsp3) is 0.400. The first-order chi connectivity index (χ1) is 7.98. The van der Waals surface area contributed by atoms with Crippen LogP contribution in [0.15, 0.2) is 12.7 Å². The van der Waals surface area contributed by atoms with Crippen molar-refractivity contribution in [1.29, 1.82) is 0 Å². The molecule has 0 aliphatic rings. The molecule has 7 nitrogen and oxygen atoms in total. The maximum absolute atomic E-state index is 11.7. The second-order valence-corrected chi connectivity index (χ2v) is 4.65. The van der Waals surface area contributed by atoms with Crippen molar-refractivity contribution in [2.75, 3.05) is 5.43 Å². The summed E-state index contributed by atoms with van der Waals surface area (Å²) in [6.45, 7) is 5.49. The van der Waals surface area contributed by atoms with Crippen LogP contribution in [0.3, 0.4) is 0 Å². The number of nitrogens with one attached hydrogen (secondary N) is 3. The van der Waals surface area contributed by atoms with Crippen molar-refractivity contribution in [1.82, 2.24) is 25.4 Å². The fourth-order valence-electron chi connectivity index (χ4n) is 1.16. The average molecular weight is 234 g/mol. The Morgan fingerprint density at radius 3 is 2.76 bits per heavy atom. The summed E-state index contributed by atoms with van der Waals surface area (Å²) in [6, 6.07) is 0. The van der Waals surface area contributed by atoms with Crippen molar-refractivity contribution in [2.24, 2.45) is 5.41 Å². The molecule has 1 amide bonds. The number of hydrazine groups is 1. The molecule has 0 fully saturated rings. The zero-order valence-corrected chi connectivity index (χ0v) is 9.90. The maximum Gasteiger partial charge on any atom is 0.243 e. The van der Waals surface area contributed by atoms with E-state index in [9.17, 15) is 4.79 Å². The van der Waals surface area contributed by atoms with Gasteiger partial charge in [-0.25, -0.2) is 15.0 Å². The topological polar surface area (TPSA) is 95.6 Å². The quantitative estimate of drug-likeness (QED) is 0.669. The highest BCUT2D eigenvalue weighted by Crippen LogP contribution is 2.15. The standard InChI is InChI=1S/C10H14N6O/c1-10(2,3)9(17)16-15-8-6-7(12-4-11-6)13-5-14-8/h4-5H,1-3H3,(H,16,17)(H2,11,12,13,14,15). The molecule has 7 heteroatoms. The third-order valence-corrected chi connectivity index (χ3v) is 2.20. The predicted octanol–water partition coefficient (Wildman–Crippen LogP) is 0.842. The second-order valence-electron chi connectivity index (χ2n) is 4.65. The molecule has 2 aromatic heterocycles. The van der Waals surface area contributed by atoms with Gasteiger partial charge in [-0.3, -0.25) is 15.6 Å². The molecule has 0 bridgehead atoms. The van der Waals surface area contributed by atoms with Crippen LogP contribution in [0.2, 0.25) is 0 Å². The molecule has 17 heavy (non-hydrogen) atoms. The first kappa shape index (κ1) is 11.3. The summed E-state index contributed by atoms with van der Waals surface area (Å²) in [6.07, 6.45) is 2.91. The normalized spacial score (nSPS) is 11.5. The van der Waals surface area contributed by atoms with Crippen LogP contribution in [-0.4, -0.2) is 25.8 Å². The number of aromatic nitrogens is 4. The van der Waals surface area contributed by atoms with Gasteiger partial charge in [-0.15, -0.1) is 0 Å². The number of anilines is 1. The summed E-state index contributed by atoms with van der Waals surface area (Å²) >= 11 is 0. The molecule has 0 aliphatic carbocycles. The van der Waals surface area contributed by atoms with Crippen molar-refractivity contribution in [3.05, 3.63) is 12.7 Å². The van der Waals surface area contributed by atoms with E-state index in [1.807, 2.05) is 20.8 Å². The van der Waals surface area contributed by atoms with Crippen LogP contribution >= 0.6 is 0 Å². The number of carbonyl (C=O) groups excluding carboxylic acids is 1. The molecular weight excluding hydrogens is 220 g/mol. The SMILES string of the molecule is CC(C)(C)C(=O)NNc1ncnc2nc[nH]c12. The lowest BCUT2D eigenvalue weighted by atomic mass is 9.96. The van der Waals surface area contributed by atoms with Crippen LogP contribution in [0.25, 0.3) is 11.2 Å². The molecule has 0 saturated carbocycles. The first-order valence-corrected chi connectivity index (χ1v) is 5.19. The lowest BCUT2D eigenvalue weighted by Gasteiger charge is -2.18. The molecule has 2 rings (SSSR count). The summed E-state index contributed by atoms with van der Waals surface area (Å²) in [4.78, 5) is 26.6. The molecule has 2 aromatic rings. The van der Waals surface area contributed by atoms with Crippen molar-refractivity contribution >= 4 is 22.9 Å². The van der Waals surface area contributed by atoms with Crippen molar-refractivity contribution < 1.29 is 4.79 Å². The Hall–Kier alpha value is -2.18. The smallest absolute Gasteiger partial charge is 0.243 e. The van der Waals surface area contributed by atoms with Gasteiger partial charge >= 0.3 is 0 Å². The zero-order valence-electron chi connectivity index (χ0n) is 9.90. The average Bonchev–Trinajstić information content (AvgIpc) is 2.72. The van der Waals surface area contributed by atoms with Gasteiger partial charge in [0, 0.05) is 5.41 Å². The molecule has 0 aliphatic heterocycles. The number of hydrogen-bond acceptors (Lipinski definition) is 5. The van der Waals surface area contributed by atoms with E-state index in [0.29, 0.717) is 17.0 Å². The Kier molecular flexibility index (Phi) is 2.66. The monoisotopic (exact) mass is 234 g/mol. The minimum atomic E-state index is -0.465. The van der Waals surface area contributed by atoms with Gasteiger partial charge in [-0.05, 0) is 0 Å². The molecular formula is C10H14N6O. The molecule has 0 radical (unpaired) electrons. The minimum absolute atomic E-state index is 0.122. The van der Waals surface area contributed by atoms with Gasteiger partial charge in [-0.1, -0.05) is 20.8 Å². The Balaban J connectivity index is 2.14. The van der Waals surface area contributed by atoms with Crippen molar-refractivity contribution in [3.63, 3.8) is 0 Å². The van der Waals surface area contributed by atoms with Gasteiger partial charge in [-0.2, -0.15) is 0 Å². The maximum atomic E-state index is 11.7. The highest BCUT2D eigenvalue weighted by molar-refractivity contribution is 5.86. The Morgan fingerprint density at radius 1 is 1.29 bits per heavy atom. The lowest BCUT2D eigenvalue weighted by Crippen LogP contribution is -2.38. The van der Waals surface area contributed by atoms with Gasteiger partial charge in [0.25, 0.3) is 0 Å². The Bertz CT molecular complexity index is 541. The number of H-pyrrole nitrogens is 1. The third-order valence-electron chi connectivity index (χ3n) is 2.20. The predicted molar refractivity (Wildman–Crippen MR) is 62.9 cm³/mol. The van der Waals surface area contributed by atoms with Crippen LogP contribution in [0.5, 0.6) is 0 Å². The number of amides is 1. The summed E-state index contributed by atoms with van der Waals surface area (Å²) < 4.78 is 0. The summed E-state index contributed by atoms with van der Waals surface area (Å²) in [5.41, 5.74) is 6.09. The first-order valence-electron chi connectivity index (χ1n) is 5.19. The van der Waals surface area contributed by atoms with E-state index in [1.165, 1.54) is 12.7 Å². The number of rotatable bonds is 2. The molecule has 0 saturated heterocycles. The highest BCUT2D eigenvalue weighted by Gasteiger charge is 2.21. The zero-order chi connectivity index (χ0) is 12.5. The molecule has 0 unspecified atom stereocenters. The Morgan fingerprint density at radius 2 is 2.06 bits per heavy atom. The minimum Gasteiger partial charge on any atom is -0.340 e. The number of carbonyl (C=O) groups is 1. The van der Waals surface area contributed by atoms with Gasteiger partial charge in [0.2, 0.25) is 5.91 Å². The van der Waals surface area contributed by atoms with Gasteiger partial charge in [0.1, 0.15) is 11.8 Å². The van der Waals surface area contributed by atoms with E-state index < -0.39 is 5.41 Å². The molecule has 0 aromatic carbocycles. The van der Waals surface area contributed by atoms with Crippen LogP contribution in [-0.2, 0) is 4.79 Å². The van der Waals surface area contributed by atoms with Crippen LogP contribution in [0.1, 0.15) is 20.8 Å². The van der Waals surface area contributed by atoms with E-state index in [1.54, 1.807) is 0 Å². The van der Waals surface area contributed by atoms with Crippen LogP contribution < -0.4 is 10.9 Å². The second kappa shape index (κ2) is 4.00. The summed E-state index contributed by atoms with van der Waals surface area (Å²) in [7, 11) is 0. The number of nitrogens with zero attached hydrogens (tertiary/aromatic N) is 3. The molecule has 2 heterocycles. The van der Waals surface area contributed by atoms with E-state index in [-0.39, 0.29) is 5.91 Å². The van der Waals surface area contributed by atoms with Gasteiger partial charge in [0.15, 0.2) is 11.5 Å².